The Hall–Kier alpha value is 0.750. The molecule has 0 unspecified atom stereocenters. The van der Waals surface area contributed by atoms with E-state index in [2.05, 4.69) is 0 Å². The molecule has 1 aromatic rings. The van der Waals surface area contributed by atoms with Crippen molar-refractivity contribution in [2.45, 2.75) is 18.7 Å². The fraction of sp³-hybridized carbons (Fsp3) is 0.250. The summed E-state index contributed by atoms with van der Waals surface area (Å²) in [6.45, 7) is -1.09. The molecule has 0 aliphatic carbocycles. The summed E-state index contributed by atoms with van der Waals surface area (Å²) < 4.78 is 0. The van der Waals surface area contributed by atoms with Gasteiger partial charge in [-0.15, -0.1) is 0 Å². The van der Waals surface area contributed by atoms with Gasteiger partial charge in [-0.3, -0.25) is 0 Å². The lowest BCUT2D eigenvalue weighted by Gasteiger charge is -2.34. The molecule has 0 bridgehead atoms. The molecule has 0 amide bonds. The van der Waals surface area contributed by atoms with Gasteiger partial charge >= 0.3 is 6.72 Å². The van der Waals surface area contributed by atoms with Crippen LogP contribution in [0.1, 0.15) is 11.1 Å². The van der Waals surface area contributed by atoms with Gasteiger partial charge in [-0.25, -0.2) is 0 Å². The number of aryl methyl sites for hydroxylation is 1. The van der Waals surface area contributed by atoms with Crippen molar-refractivity contribution in [3.63, 3.8) is 0 Å². The zero-order valence-electron chi connectivity index (χ0n) is 8.56. The van der Waals surface area contributed by atoms with Crippen molar-refractivity contribution in [2.24, 2.45) is 0 Å². The van der Waals surface area contributed by atoms with Crippen molar-refractivity contribution in [3.8, 4) is 0 Å². The molecule has 94 valence electrons. The Kier molecular flexibility index (Phi) is 3.84. The van der Waals surface area contributed by atoms with Crippen LogP contribution in [0, 0.1) is 13.8 Å². The maximum absolute atomic E-state index is 9.35. The Morgan fingerprint density at radius 2 is 1.56 bits per heavy atom. The van der Waals surface area contributed by atoms with Crippen molar-refractivity contribution in [3.05, 3.63) is 29.3 Å². The first-order chi connectivity index (χ1) is 6.96. The van der Waals surface area contributed by atoms with E-state index in [4.69, 9.17) is 32.0 Å². The van der Waals surface area contributed by atoms with Crippen molar-refractivity contribution in [2.75, 3.05) is 0 Å². The molecule has 0 atom stereocenters. The van der Waals surface area contributed by atoms with Gasteiger partial charge in [-0.2, -0.15) is 0 Å². The van der Waals surface area contributed by atoms with Crippen molar-refractivity contribution in [1.82, 2.24) is 0 Å². The second-order valence-electron chi connectivity index (χ2n) is 3.42. The Bertz CT molecular complexity index is 512. The van der Waals surface area contributed by atoms with Crippen LogP contribution in [0.2, 0.25) is 0 Å². The smallest absolute Gasteiger partial charge is 0.303 e. The van der Waals surface area contributed by atoms with E-state index in [1.165, 1.54) is 6.07 Å². The number of rotatable bonds is 1. The summed E-state index contributed by atoms with van der Waals surface area (Å²) in [6, 6.07) is 4.92. The van der Waals surface area contributed by atoms with E-state index in [1.807, 2.05) is 0 Å². The Balaban J connectivity index is 3.85. The predicted octanol–water partition coefficient (Wildman–Crippen LogP) is 3.47. The van der Waals surface area contributed by atoms with Gasteiger partial charge in [0, 0.05) is 10.9 Å². The van der Waals surface area contributed by atoms with E-state index in [0.717, 1.165) is 5.56 Å². The van der Waals surface area contributed by atoms with Gasteiger partial charge in [-0.05, 0) is 63.1 Å². The maximum Gasteiger partial charge on any atom is 0.303 e. The normalized spacial score (nSPS) is 15.6. The monoisotopic (exact) mass is 324 g/mol. The highest BCUT2D eigenvalue weighted by atomic mass is 36.2. The Morgan fingerprint density at radius 1 is 1.06 bits per heavy atom. The molecule has 3 N–H and O–H groups in total. The first kappa shape index (κ1) is 14.8. The number of benzene rings is 1. The maximum atomic E-state index is 9.35. The van der Waals surface area contributed by atoms with Crippen LogP contribution in [-0.4, -0.2) is 14.7 Å². The molecule has 3 nitrogen and oxygen atoms in total. The Morgan fingerprint density at radius 3 is 2.00 bits per heavy atom. The van der Waals surface area contributed by atoms with Crippen molar-refractivity contribution in [1.29, 1.82) is 0 Å². The highest BCUT2D eigenvalue weighted by Crippen LogP contribution is 2.69. The van der Waals surface area contributed by atoms with E-state index in [0.29, 0.717) is 5.56 Å². The minimum atomic E-state index is -4.59. The van der Waals surface area contributed by atoms with E-state index < -0.39 is 12.7 Å². The molecule has 1 rings (SSSR count). The van der Waals surface area contributed by atoms with Gasteiger partial charge in [-0.1, -0.05) is 12.1 Å². The first-order valence-corrected chi connectivity index (χ1v) is 11.0. The summed E-state index contributed by atoms with van der Waals surface area (Å²) in [4.78, 5) is 28.2. The highest BCUT2D eigenvalue weighted by Gasteiger charge is 2.41. The van der Waals surface area contributed by atoms with Crippen LogP contribution in [-0.2, 0) is 5.98 Å². The molecule has 0 aliphatic heterocycles. The van der Waals surface area contributed by atoms with Crippen molar-refractivity contribution < 1.29 is 14.7 Å². The number of hydrogen-bond acceptors (Lipinski definition) is 0. The molecule has 0 fully saturated rings. The molecule has 0 heterocycles. The standard InChI is InChI=1S/C8H12Cl3O3PS/c1-6-4-3-5-8(7(6)2)16(9,10,11)15(12,13)14/h3-5,12-14H,1-2H3. The van der Waals surface area contributed by atoms with Gasteiger partial charge in [0.25, 0.3) is 0 Å². The van der Waals surface area contributed by atoms with Crippen molar-refractivity contribution >= 4 is 44.7 Å². The fourth-order valence-electron chi connectivity index (χ4n) is 1.21. The van der Waals surface area contributed by atoms with Gasteiger partial charge in [0.2, 0.25) is 0 Å². The topological polar surface area (TPSA) is 60.7 Å². The molecular formula is C8H12Cl3O3PS. The number of hydrogen-bond donors (Lipinski definition) is 3. The lowest BCUT2D eigenvalue weighted by atomic mass is 10.1. The van der Waals surface area contributed by atoms with Gasteiger partial charge in [0.15, 0.2) is 0 Å². The van der Waals surface area contributed by atoms with Crippen LogP contribution >= 0.6 is 38.8 Å². The van der Waals surface area contributed by atoms with Crippen LogP contribution in [0.15, 0.2) is 23.1 Å². The largest absolute Gasteiger partial charge is 0.327 e. The predicted molar refractivity (Wildman–Crippen MR) is 72.7 cm³/mol. The third-order valence-corrected chi connectivity index (χ3v) is 13.7. The van der Waals surface area contributed by atoms with Gasteiger partial charge < -0.3 is 14.7 Å². The molecule has 1 aromatic carbocycles. The molecule has 0 aliphatic rings. The average Bonchev–Trinajstić information content (AvgIpc) is 2.06. The Labute approximate surface area is 107 Å². The summed E-state index contributed by atoms with van der Waals surface area (Å²) in [5, 5.41) is 0. The molecular weight excluding hydrogens is 313 g/mol. The molecule has 0 aromatic heterocycles. The van der Waals surface area contributed by atoms with E-state index >= 15 is 0 Å². The third kappa shape index (κ3) is 2.31. The summed E-state index contributed by atoms with van der Waals surface area (Å²) in [5.74, 6) is -4.37. The quantitative estimate of drug-likeness (QED) is 0.693. The molecule has 0 radical (unpaired) electrons. The van der Waals surface area contributed by atoms with Gasteiger partial charge in [0.05, 0.1) is 0 Å². The van der Waals surface area contributed by atoms with Crippen LogP contribution in [0.3, 0.4) is 0 Å². The molecule has 0 saturated carbocycles. The van der Waals surface area contributed by atoms with Crippen LogP contribution in [0.25, 0.3) is 0 Å². The molecule has 8 heteroatoms. The van der Waals surface area contributed by atoms with Gasteiger partial charge in [0.1, 0.15) is 0 Å². The molecule has 0 saturated heterocycles. The summed E-state index contributed by atoms with van der Waals surface area (Å²) in [5.41, 5.74) is 1.47. The van der Waals surface area contributed by atoms with Crippen LogP contribution in [0.4, 0.5) is 0 Å². The second kappa shape index (κ2) is 4.15. The first-order valence-electron chi connectivity index (χ1n) is 4.19. The lowest BCUT2D eigenvalue weighted by Crippen LogP contribution is -2.13. The average molecular weight is 326 g/mol. The van der Waals surface area contributed by atoms with E-state index in [1.54, 1.807) is 26.0 Å². The highest BCUT2D eigenvalue weighted by molar-refractivity contribution is 8.86. The van der Waals surface area contributed by atoms with Crippen LogP contribution < -0.4 is 0 Å². The molecule has 0 spiro atoms. The van der Waals surface area contributed by atoms with Crippen LogP contribution in [0.5, 0.6) is 0 Å². The lowest BCUT2D eigenvalue weighted by molar-refractivity contribution is 0.362. The zero-order valence-corrected chi connectivity index (χ0v) is 12.5. The molecule has 16 heavy (non-hydrogen) atoms. The summed E-state index contributed by atoms with van der Waals surface area (Å²) in [7, 11) is 17.7. The third-order valence-electron chi connectivity index (χ3n) is 2.30. The second-order valence-corrected chi connectivity index (χ2v) is 18.9. The fourth-order valence-corrected chi connectivity index (χ4v) is 5.30. The summed E-state index contributed by atoms with van der Waals surface area (Å²) in [6.07, 6.45) is 0. The minimum absolute atomic E-state index is 0.169. The van der Waals surface area contributed by atoms with E-state index in [-0.39, 0.29) is 4.90 Å². The minimum Gasteiger partial charge on any atom is -0.327 e. The SMILES string of the molecule is Cc1cccc(S(Cl)(Cl)(Cl)=P(O)(O)O)c1C. The summed E-state index contributed by atoms with van der Waals surface area (Å²) >= 11 is 0. The number of halogens is 3. The van der Waals surface area contributed by atoms with E-state index in [9.17, 15) is 14.7 Å². The zero-order chi connectivity index (χ0) is 12.8.